The summed E-state index contributed by atoms with van der Waals surface area (Å²) >= 11 is 1.62. The van der Waals surface area contributed by atoms with Crippen LogP contribution in [0.25, 0.3) is 11.3 Å². The van der Waals surface area contributed by atoms with E-state index in [0.29, 0.717) is 13.0 Å². The van der Waals surface area contributed by atoms with Crippen molar-refractivity contribution >= 4 is 28.3 Å². The number of piperidine rings is 2. The Labute approximate surface area is 252 Å². The summed E-state index contributed by atoms with van der Waals surface area (Å²) in [5, 5.41) is 13.2. The Bertz CT molecular complexity index is 1460. The van der Waals surface area contributed by atoms with Crippen LogP contribution in [0, 0.1) is 31.1 Å². The van der Waals surface area contributed by atoms with Gasteiger partial charge in [0.25, 0.3) is 5.91 Å². The molecule has 222 valence electrons. The van der Waals surface area contributed by atoms with E-state index in [1.54, 1.807) is 11.3 Å². The highest BCUT2D eigenvalue weighted by Crippen LogP contribution is 2.54. The SMILES string of the molecule is CCC1(C(=O)O)C2CCC1CN(c1nc(-c3cc(C)ccc3OCc3ccc(C(=O)N4CCCCC4)cc3C)cs1)C2. The number of fused-ring (bicyclic) bond motifs is 2. The number of aromatic nitrogens is 1. The summed E-state index contributed by atoms with van der Waals surface area (Å²) in [5.74, 6) is 0.592. The molecular weight excluding hydrogens is 546 g/mol. The summed E-state index contributed by atoms with van der Waals surface area (Å²) in [6.45, 7) is 9.73. The summed E-state index contributed by atoms with van der Waals surface area (Å²) in [6.07, 6.45) is 6.01. The number of ether oxygens (including phenoxy) is 1. The van der Waals surface area contributed by atoms with Crippen molar-refractivity contribution in [1.82, 2.24) is 9.88 Å². The van der Waals surface area contributed by atoms with Crippen LogP contribution in [0.3, 0.4) is 0 Å². The molecule has 2 aliphatic heterocycles. The van der Waals surface area contributed by atoms with Gasteiger partial charge >= 0.3 is 5.97 Å². The van der Waals surface area contributed by atoms with Crippen LogP contribution in [0.5, 0.6) is 5.75 Å². The largest absolute Gasteiger partial charge is 0.488 e. The Balaban J connectivity index is 1.17. The number of amides is 1. The van der Waals surface area contributed by atoms with Crippen molar-refractivity contribution < 1.29 is 19.4 Å². The van der Waals surface area contributed by atoms with Crippen molar-refractivity contribution in [3.05, 3.63) is 64.0 Å². The summed E-state index contributed by atoms with van der Waals surface area (Å²) < 4.78 is 6.39. The van der Waals surface area contributed by atoms with Gasteiger partial charge in [0, 0.05) is 42.7 Å². The molecule has 2 aromatic carbocycles. The molecule has 0 spiro atoms. The second kappa shape index (κ2) is 11.7. The van der Waals surface area contributed by atoms with Crippen molar-refractivity contribution in [3.8, 4) is 17.0 Å². The Morgan fingerprint density at radius 3 is 2.45 bits per heavy atom. The monoisotopic (exact) mass is 587 g/mol. The highest BCUT2D eigenvalue weighted by atomic mass is 32.1. The average Bonchev–Trinajstić information content (AvgIpc) is 3.56. The normalized spacial score (nSPS) is 23.7. The van der Waals surface area contributed by atoms with Crippen molar-refractivity contribution in [2.75, 3.05) is 31.1 Å². The number of aliphatic carboxylic acids is 1. The lowest BCUT2D eigenvalue weighted by Gasteiger charge is -2.44. The number of carbonyl (C=O) groups excluding carboxylic acids is 1. The number of anilines is 1. The van der Waals surface area contributed by atoms with Crippen molar-refractivity contribution in [1.29, 1.82) is 0 Å². The molecule has 1 amide bonds. The minimum Gasteiger partial charge on any atom is -0.488 e. The zero-order chi connectivity index (χ0) is 29.4. The highest BCUT2D eigenvalue weighted by Gasteiger charge is 2.58. The third kappa shape index (κ3) is 5.19. The molecule has 3 heterocycles. The number of rotatable bonds is 8. The van der Waals surface area contributed by atoms with Gasteiger partial charge < -0.3 is 19.6 Å². The molecule has 1 saturated carbocycles. The van der Waals surface area contributed by atoms with Crippen molar-refractivity contribution in [2.24, 2.45) is 17.3 Å². The van der Waals surface area contributed by atoms with Gasteiger partial charge in [-0.25, -0.2) is 4.98 Å². The number of thiazole rings is 1. The first-order valence-corrected chi connectivity index (χ1v) is 16.2. The van der Waals surface area contributed by atoms with E-state index in [-0.39, 0.29) is 17.7 Å². The number of likely N-dealkylation sites (tertiary alicyclic amines) is 1. The van der Waals surface area contributed by atoms with E-state index in [2.05, 4.69) is 29.3 Å². The number of hydrogen-bond acceptors (Lipinski definition) is 6. The van der Waals surface area contributed by atoms with Crippen LogP contribution in [-0.2, 0) is 11.4 Å². The Hall–Kier alpha value is -3.39. The molecular formula is C34H41N3O4S. The van der Waals surface area contributed by atoms with E-state index < -0.39 is 11.4 Å². The molecule has 2 bridgehead atoms. The Kier molecular flexibility index (Phi) is 8.01. The van der Waals surface area contributed by atoms with Crippen molar-refractivity contribution in [2.45, 2.75) is 65.9 Å². The molecule has 0 radical (unpaired) electrons. The van der Waals surface area contributed by atoms with E-state index in [9.17, 15) is 14.7 Å². The van der Waals surface area contributed by atoms with E-state index in [4.69, 9.17) is 9.72 Å². The number of carbonyl (C=O) groups is 2. The molecule has 6 rings (SSSR count). The van der Waals surface area contributed by atoms with Gasteiger partial charge in [0.05, 0.1) is 11.1 Å². The molecule has 3 aromatic rings. The lowest BCUT2D eigenvalue weighted by Crippen LogP contribution is -2.53. The summed E-state index contributed by atoms with van der Waals surface area (Å²) in [5.41, 5.74) is 5.23. The zero-order valence-electron chi connectivity index (χ0n) is 24.9. The van der Waals surface area contributed by atoms with E-state index >= 15 is 0 Å². The van der Waals surface area contributed by atoms with E-state index in [1.807, 2.05) is 43.0 Å². The molecule has 7 nitrogen and oxygen atoms in total. The van der Waals surface area contributed by atoms with Crippen LogP contribution in [0.15, 0.2) is 41.8 Å². The van der Waals surface area contributed by atoms with Gasteiger partial charge in [-0.05, 0) is 99.6 Å². The number of nitrogens with zero attached hydrogens (tertiary/aromatic N) is 3. The molecule has 8 heteroatoms. The third-order valence-corrected chi connectivity index (χ3v) is 10.9. The second-order valence-corrected chi connectivity index (χ2v) is 13.2. The average molecular weight is 588 g/mol. The zero-order valence-corrected chi connectivity index (χ0v) is 25.7. The molecule has 1 aromatic heterocycles. The Morgan fingerprint density at radius 1 is 1.05 bits per heavy atom. The number of hydrogen-bond donors (Lipinski definition) is 1. The lowest BCUT2D eigenvalue weighted by atomic mass is 9.67. The molecule has 2 saturated heterocycles. The quantitative estimate of drug-likeness (QED) is 0.307. The van der Waals surface area contributed by atoms with Crippen LogP contribution < -0.4 is 9.64 Å². The lowest BCUT2D eigenvalue weighted by molar-refractivity contribution is -0.155. The predicted molar refractivity (Wildman–Crippen MR) is 166 cm³/mol. The van der Waals surface area contributed by atoms with Crippen LogP contribution in [0.1, 0.15) is 72.5 Å². The van der Waals surface area contributed by atoms with Crippen LogP contribution in [0.2, 0.25) is 0 Å². The predicted octanol–water partition coefficient (Wildman–Crippen LogP) is 6.96. The first kappa shape index (κ1) is 28.7. The first-order valence-electron chi connectivity index (χ1n) is 15.4. The minimum atomic E-state index is -0.628. The van der Waals surface area contributed by atoms with Gasteiger partial charge in [0.1, 0.15) is 12.4 Å². The third-order valence-electron chi connectivity index (χ3n) is 9.97. The smallest absolute Gasteiger partial charge is 0.310 e. The number of carboxylic acids is 1. The van der Waals surface area contributed by atoms with E-state index in [0.717, 1.165) is 96.3 Å². The Morgan fingerprint density at radius 2 is 1.79 bits per heavy atom. The van der Waals surface area contributed by atoms with Gasteiger partial charge in [0.2, 0.25) is 0 Å². The molecule has 3 aliphatic rings. The fourth-order valence-electron chi connectivity index (χ4n) is 7.53. The maximum Gasteiger partial charge on any atom is 0.310 e. The van der Waals surface area contributed by atoms with Crippen LogP contribution >= 0.6 is 11.3 Å². The molecule has 1 aliphatic carbocycles. The van der Waals surface area contributed by atoms with Gasteiger partial charge in [-0.1, -0.05) is 24.6 Å². The molecule has 42 heavy (non-hydrogen) atoms. The summed E-state index contributed by atoms with van der Waals surface area (Å²) in [7, 11) is 0. The van der Waals surface area contributed by atoms with Crippen molar-refractivity contribution in [3.63, 3.8) is 0 Å². The molecule has 2 unspecified atom stereocenters. The number of aryl methyl sites for hydroxylation is 2. The molecule has 2 atom stereocenters. The summed E-state index contributed by atoms with van der Waals surface area (Å²) in [6, 6.07) is 12.1. The fraction of sp³-hybridized carbons (Fsp3) is 0.500. The molecule has 1 N–H and O–H groups in total. The fourth-order valence-corrected chi connectivity index (χ4v) is 8.37. The second-order valence-electron chi connectivity index (χ2n) is 12.4. The number of carboxylic acid groups (broad SMARTS) is 1. The van der Waals surface area contributed by atoms with Crippen LogP contribution in [0.4, 0.5) is 5.13 Å². The first-order chi connectivity index (χ1) is 20.3. The van der Waals surface area contributed by atoms with E-state index in [1.165, 1.54) is 6.42 Å². The number of benzene rings is 2. The van der Waals surface area contributed by atoms with Gasteiger partial charge in [-0.2, -0.15) is 0 Å². The molecule has 3 fully saturated rings. The topological polar surface area (TPSA) is 83.0 Å². The maximum atomic E-state index is 13.0. The minimum absolute atomic E-state index is 0.121. The summed E-state index contributed by atoms with van der Waals surface area (Å²) in [4.78, 5) is 34.6. The van der Waals surface area contributed by atoms with Gasteiger partial charge in [-0.3, -0.25) is 9.59 Å². The highest BCUT2D eigenvalue weighted by molar-refractivity contribution is 7.14. The maximum absolute atomic E-state index is 13.0. The van der Waals surface area contributed by atoms with Gasteiger partial charge in [0.15, 0.2) is 5.13 Å². The van der Waals surface area contributed by atoms with Crippen LogP contribution in [-0.4, -0.2) is 53.0 Å². The standard InChI is InChI=1S/C34H41N3O4S/c1-4-34(32(39)40)26-11-12-27(34)19-37(18-26)33-35-29(21-42-33)28-16-22(2)8-13-30(28)41-20-25-10-9-24(17-23(25)3)31(38)36-14-6-5-7-15-36/h8-10,13,16-17,21,26-27H,4-7,11-12,14-15,18-20H2,1-3H3,(H,39,40). The van der Waals surface area contributed by atoms with Gasteiger partial charge in [-0.15, -0.1) is 11.3 Å².